The number of aromatic amines is 1. The summed E-state index contributed by atoms with van der Waals surface area (Å²) in [7, 11) is 0. The third kappa shape index (κ3) is 2.99. The fraction of sp³-hybridized carbons (Fsp3) is 0.412. The first-order valence-corrected chi connectivity index (χ1v) is 8.27. The highest BCUT2D eigenvalue weighted by atomic mass is 19.1. The van der Waals surface area contributed by atoms with E-state index in [0.29, 0.717) is 19.5 Å². The zero-order valence-corrected chi connectivity index (χ0v) is 13.7. The Morgan fingerprint density at radius 3 is 3.12 bits per heavy atom. The monoisotopic (exact) mass is 346 g/mol. The van der Waals surface area contributed by atoms with Crippen molar-refractivity contribution in [1.82, 2.24) is 20.5 Å². The van der Waals surface area contributed by atoms with Gasteiger partial charge in [0.25, 0.3) is 0 Å². The summed E-state index contributed by atoms with van der Waals surface area (Å²) in [5.74, 6) is -0.282. The van der Waals surface area contributed by atoms with Crippen LogP contribution in [0.3, 0.4) is 0 Å². The molecule has 2 aromatic rings. The number of hydrogen-bond donors (Lipinski definition) is 3. The molecule has 1 aromatic heterocycles. The number of benzene rings is 1. The van der Waals surface area contributed by atoms with Crippen LogP contribution in [0.1, 0.15) is 12.5 Å². The maximum absolute atomic E-state index is 13.5. The summed E-state index contributed by atoms with van der Waals surface area (Å²) < 4.78 is 18.6. The van der Waals surface area contributed by atoms with Crippen LogP contribution in [0, 0.1) is 5.82 Å². The van der Waals surface area contributed by atoms with Crippen LogP contribution in [-0.4, -0.2) is 53.3 Å². The van der Waals surface area contributed by atoms with E-state index >= 15 is 0 Å². The van der Waals surface area contributed by atoms with Crippen LogP contribution in [0.4, 0.5) is 14.0 Å². The number of alkyl carbamates (subject to hydrolysis) is 1. The molecule has 8 heteroatoms. The number of rotatable bonds is 3. The van der Waals surface area contributed by atoms with Crippen molar-refractivity contribution in [3.63, 3.8) is 0 Å². The zero-order valence-electron chi connectivity index (χ0n) is 13.7. The standard InChI is InChI=1S/C17H19FN4O3/c1-9(4-10-6-19-13-3-2-11(18)5-12(10)13)20-16(23)22-7-14-15(8-22)25-17(24)21-14/h2-3,5-6,9,14-15,19H,4,7-8H2,1H3,(H,20,23)(H,21,24)/t9?,14-,15+/m0/s1. The van der Waals surface area contributed by atoms with Crippen molar-refractivity contribution in [3.8, 4) is 0 Å². The predicted octanol–water partition coefficient (Wildman–Crippen LogP) is 1.74. The Balaban J connectivity index is 1.37. The van der Waals surface area contributed by atoms with Gasteiger partial charge in [0.1, 0.15) is 11.9 Å². The molecule has 0 aliphatic carbocycles. The summed E-state index contributed by atoms with van der Waals surface area (Å²) in [4.78, 5) is 28.3. The molecular formula is C17H19FN4O3. The average molecular weight is 346 g/mol. The topological polar surface area (TPSA) is 86.5 Å². The van der Waals surface area contributed by atoms with Gasteiger partial charge in [-0.2, -0.15) is 0 Å². The number of carbonyl (C=O) groups excluding carboxylic acids is 2. The molecular weight excluding hydrogens is 327 g/mol. The Kier molecular flexibility index (Phi) is 3.74. The molecule has 4 rings (SSSR count). The van der Waals surface area contributed by atoms with Crippen molar-refractivity contribution in [3.05, 3.63) is 35.8 Å². The molecule has 0 bridgehead atoms. The minimum atomic E-state index is -0.421. The van der Waals surface area contributed by atoms with Crippen molar-refractivity contribution >= 4 is 23.0 Å². The Morgan fingerprint density at radius 2 is 2.32 bits per heavy atom. The molecule has 3 N–H and O–H groups in total. The van der Waals surface area contributed by atoms with Gasteiger partial charge < -0.3 is 25.3 Å². The highest BCUT2D eigenvalue weighted by molar-refractivity contribution is 5.83. The molecule has 7 nitrogen and oxygen atoms in total. The smallest absolute Gasteiger partial charge is 0.407 e. The molecule has 25 heavy (non-hydrogen) atoms. The van der Waals surface area contributed by atoms with Gasteiger partial charge in [0.15, 0.2) is 0 Å². The van der Waals surface area contributed by atoms with Crippen molar-refractivity contribution in [2.75, 3.05) is 13.1 Å². The number of halogens is 1. The quantitative estimate of drug-likeness (QED) is 0.791. The first-order chi connectivity index (χ1) is 12.0. The molecule has 1 unspecified atom stereocenters. The maximum Gasteiger partial charge on any atom is 0.407 e. The van der Waals surface area contributed by atoms with E-state index in [1.54, 1.807) is 11.0 Å². The lowest BCUT2D eigenvalue weighted by atomic mass is 10.1. The second-order valence-corrected chi connectivity index (χ2v) is 6.66. The molecule has 1 aromatic carbocycles. The number of hydrogen-bond acceptors (Lipinski definition) is 3. The molecule has 3 heterocycles. The second-order valence-electron chi connectivity index (χ2n) is 6.66. The summed E-state index contributed by atoms with van der Waals surface area (Å²) in [6, 6.07) is 4.17. The zero-order chi connectivity index (χ0) is 17.6. The maximum atomic E-state index is 13.5. The fourth-order valence-corrected chi connectivity index (χ4v) is 3.52. The normalized spacial score (nSPS) is 23.3. The van der Waals surface area contributed by atoms with Gasteiger partial charge in [0.2, 0.25) is 0 Å². The van der Waals surface area contributed by atoms with Crippen molar-refractivity contribution in [1.29, 1.82) is 0 Å². The number of nitrogens with one attached hydrogen (secondary N) is 3. The van der Waals surface area contributed by atoms with Crippen LogP contribution < -0.4 is 10.6 Å². The second kappa shape index (κ2) is 5.94. The third-order valence-electron chi connectivity index (χ3n) is 4.74. The molecule has 2 aliphatic rings. The molecule has 3 amide bonds. The van der Waals surface area contributed by atoms with E-state index in [0.717, 1.165) is 16.5 Å². The van der Waals surface area contributed by atoms with Gasteiger partial charge in [0, 0.05) is 29.7 Å². The molecule has 2 saturated heterocycles. The van der Waals surface area contributed by atoms with Crippen LogP contribution in [0.25, 0.3) is 10.9 Å². The van der Waals surface area contributed by atoms with E-state index in [4.69, 9.17) is 4.74 Å². The Morgan fingerprint density at radius 1 is 1.48 bits per heavy atom. The van der Waals surface area contributed by atoms with E-state index in [2.05, 4.69) is 15.6 Å². The number of urea groups is 1. The van der Waals surface area contributed by atoms with E-state index in [-0.39, 0.29) is 30.0 Å². The SMILES string of the molecule is CC(Cc1c[nH]c2ccc(F)cc12)NC(=O)N1C[C@@H]2NC(=O)O[C@@H]2C1. The number of H-pyrrole nitrogens is 1. The lowest BCUT2D eigenvalue weighted by molar-refractivity contribution is 0.132. The van der Waals surface area contributed by atoms with E-state index < -0.39 is 6.09 Å². The van der Waals surface area contributed by atoms with Gasteiger partial charge in [-0.1, -0.05) is 0 Å². The van der Waals surface area contributed by atoms with Gasteiger partial charge in [0.05, 0.1) is 12.6 Å². The summed E-state index contributed by atoms with van der Waals surface area (Å²) >= 11 is 0. The molecule has 132 valence electrons. The molecule has 3 atom stereocenters. The number of aromatic nitrogens is 1. The predicted molar refractivity (Wildman–Crippen MR) is 88.7 cm³/mol. The first-order valence-electron chi connectivity index (χ1n) is 8.27. The van der Waals surface area contributed by atoms with E-state index in [9.17, 15) is 14.0 Å². The largest absolute Gasteiger partial charge is 0.442 e. The first kappa shape index (κ1) is 15.7. The van der Waals surface area contributed by atoms with Gasteiger partial charge in [-0.05, 0) is 37.1 Å². The minimum Gasteiger partial charge on any atom is -0.442 e. The van der Waals surface area contributed by atoms with Crippen LogP contribution in [0.5, 0.6) is 0 Å². The van der Waals surface area contributed by atoms with Gasteiger partial charge in [-0.25, -0.2) is 14.0 Å². The van der Waals surface area contributed by atoms with E-state index in [1.165, 1.54) is 12.1 Å². The number of likely N-dealkylation sites (tertiary alicyclic amines) is 1. The molecule has 0 saturated carbocycles. The molecule has 0 spiro atoms. The summed E-state index contributed by atoms with van der Waals surface area (Å²) in [6.45, 7) is 2.73. The lowest BCUT2D eigenvalue weighted by Gasteiger charge is -2.21. The summed E-state index contributed by atoms with van der Waals surface area (Å²) in [5.41, 5.74) is 1.83. The number of fused-ring (bicyclic) bond motifs is 2. The third-order valence-corrected chi connectivity index (χ3v) is 4.74. The van der Waals surface area contributed by atoms with Gasteiger partial charge in [-0.15, -0.1) is 0 Å². The van der Waals surface area contributed by atoms with E-state index in [1.807, 2.05) is 13.1 Å². The number of ether oxygens (including phenoxy) is 1. The van der Waals surface area contributed by atoms with Crippen LogP contribution in [0.15, 0.2) is 24.4 Å². The summed E-state index contributed by atoms with van der Waals surface area (Å²) in [5, 5.41) is 6.47. The van der Waals surface area contributed by atoms with Crippen LogP contribution in [-0.2, 0) is 11.2 Å². The lowest BCUT2D eigenvalue weighted by Crippen LogP contribution is -2.45. The number of nitrogens with zero attached hydrogens (tertiary/aromatic N) is 1. The van der Waals surface area contributed by atoms with Crippen molar-refractivity contribution in [2.45, 2.75) is 31.5 Å². The number of carbonyl (C=O) groups is 2. The highest BCUT2D eigenvalue weighted by Crippen LogP contribution is 2.21. The molecule has 0 radical (unpaired) electrons. The van der Waals surface area contributed by atoms with Crippen molar-refractivity contribution in [2.24, 2.45) is 0 Å². The van der Waals surface area contributed by atoms with Crippen molar-refractivity contribution < 1.29 is 18.7 Å². The van der Waals surface area contributed by atoms with Gasteiger partial charge >= 0.3 is 12.1 Å². The fourth-order valence-electron chi connectivity index (χ4n) is 3.52. The number of amides is 3. The Hall–Kier alpha value is -2.77. The average Bonchev–Trinajstić information content (AvgIpc) is 3.20. The molecule has 2 fully saturated rings. The molecule has 2 aliphatic heterocycles. The Labute approximate surface area is 143 Å². The Bertz CT molecular complexity index is 820. The highest BCUT2D eigenvalue weighted by Gasteiger charge is 2.43. The van der Waals surface area contributed by atoms with Gasteiger partial charge in [-0.3, -0.25) is 0 Å². The van der Waals surface area contributed by atoms with Crippen LogP contribution in [0.2, 0.25) is 0 Å². The summed E-state index contributed by atoms with van der Waals surface area (Å²) in [6.07, 6.45) is 1.74. The van der Waals surface area contributed by atoms with Crippen LogP contribution >= 0.6 is 0 Å². The minimum absolute atomic E-state index is 0.120.